The minimum atomic E-state index is 0.225. The zero-order chi connectivity index (χ0) is 12.4. The zero-order valence-electron chi connectivity index (χ0n) is 10.0. The van der Waals surface area contributed by atoms with Crippen molar-refractivity contribution in [3.05, 3.63) is 41.0 Å². The molecule has 1 fully saturated rings. The Kier molecular flexibility index (Phi) is 3.46. The minimum Gasteiger partial charge on any atom is -0.379 e. The van der Waals surface area contributed by atoms with Gasteiger partial charge in [0.1, 0.15) is 0 Å². The maximum absolute atomic E-state index is 6.12. The van der Waals surface area contributed by atoms with E-state index in [1.165, 1.54) is 0 Å². The Labute approximate surface area is 111 Å². The van der Waals surface area contributed by atoms with Gasteiger partial charge in [-0.25, -0.2) is 0 Å². The van der Waals surface area contributed by atoms with Crippen LogP contribution >= 0.6 is 11.6 Å². The second-order valence-corrected chi connectivity index (χ2v) is 4.92. The van der Waals surface area contributed by atoms with Gasteiger partial charge in [0.05, 0.1) is 23.2 Å². The average Bonchev–Trinajstić information content (AvgIpc) is 2.67. The summed E-state index contributed by atoms with van der Waals surface area (Å²) < 4.78 is 5.58. The maximum Gasteiger partial charge on any atom is 0.0888 e. The van der Waals surface area contributed by atoms with Crippen molar-refractivity contribution in [1.29, 1.82) is 0 Å². The van der Waals surface area contributed by atoms with Gasteiger partial charge in [0.15, 0.2) is 0 Å². The Bertz CT molecular complexity index is 550. The van der Waals surface area contributed by atoms with Crippen molar-refractivity contribution in [2.24, 2.45) is 0 Å². The fourth-order valence-corrected chi connectivity index (χ4v) is 2.49. The minimum absolute atomic E-state index is 0.225. The maximum atomic E-state index is 6.12. The Morgan fingerprint density at radius 1 is 1.39 bits per heavy atom. The molecule has 1 aliphatic rings. The summed E-state index contributed by atoms with van der Waals surface area (Å²) in [6.45, 7) is 2.52. The predicted octanol–water partition coefficient (Wildman–Crippen LogP) is 2.94. The first kappa shape index (κ1) is 11.9. The van der Waals surface area contributed by atoms with Crippen LogP contribution in [-0.2, 0) is 4.74 Å². The number of hydrogen-bond donors (Lipinski definition) is 1. The molecule has 1 N–H and O–H groups in total. The molecule has 18 heavy (non-hydrogen) atoms. The third kappa shape index (κ3) is 2.34. The number of aromatic nitrogens is 1. The number of pyridine rings is 1. The summed E-state index contributed by atoms with van der Waals surface area (Å²) in [4.78, 5) is 4.46. The zero-order valence-corrected chi connectivity index (χ0v) is 10.8. The van der Waals surface area contributed by atoms with Crippen molar-refractivity contribution in [3.63, 3.8) is 0 Å². The lowest BCUT2D eigenvalue weighted by molar-refractivity contribution is 0.131. The molecule has 4 heteroatoms. The van der Waals surface area contributed by atoms with E-state index in [4.69, 9.17) is 16.3 Å². The number of rotatable bonds is 1. The third-order valence-corrected chi connectivity index (χ3v) is 3.53. The molecule has 1 aliphatic heterocycles. The molecule has 0 bridgehead atoms. The molecule has 0 amide bonds. The van der Waals surface area contributed by atoms with Crippen LogP contribution < -0.4 is 5.32 Å². The van der Waals surface area contributed by atoms with Gasteiger partial charge in [-0.1, -0.05) is 23.7 Å². The van der Waals surface area contributed by atoms with E-state index in [1.54, 1.807) is 0 Å². The summed E-state index contributed by atoms with van der Waals surface area (Å²) >= 11 is 6.12. The molecule has 1 aromatic carbocycles. The Morgan fingerprint density at radius 3 is 3.28 bits per heavy atom. The first-order valence-electron chi connectivity index (χ1n) is 6.20. The van der Waals surface area contributed by atoms with Crippen LogP contribution in [0.3, 0.4) is 0 Å². The summed E-state index contributed by atoms with van der Waals surface area (Å²) in [6, 6.07) is 8.22. The SMILES string of the molecule is Clc1cccc2cc(C3COCCCN3)cnc12. The van der Waals surface area contributed by atoms with Gasteiger partial charge in [0, 0.05) is 18.2 Å². The van der Waals surface area contributed by atoms with Crippen LogP contribution in [0.2, 0.25) is 5.02 Å². The number of halogens is 1. The lowest BCUT2D eigenvalue weighted by atomic mass is 10.1. The summed E-state index contributed by atoms with van der Waals surface area (Å²) in [5, 5.41) is 5.25. The normalized spacial score (nSPS) is 20.8. The highest BCUT2D eigenvalue weighted by molar-refractivity contribution is 6.35. The molecule has 0 spiro atoms. The van der Waals surface area contributed by atoms with Gasteiger partial charge >= 0.3 is 0 Å². The monoisotopic (exact) mass is 262 g/mol. The summed E-state index contributed by atoms with van der Waals surface area (Å²) in [5.74, 6) is 0. The summed E-state index contributed by atoms with van der Waals surface area (Å²) in [5.41, 5.74) is 2.02. The van der Waals surface area contributed by atoms with E-state index in [-0.39, 0.29) is 6.04 Å². The van der Waals surface area contributed by atoms with Crippen molar-refractivity contribution >= 4 is 22.5 Å². The number of ether oxygens (including phenoxy) is 1. The van der Waals surface area contributed by atoms with Crippen LogP contribution in [0.1, 0.15) is 18.0 Å². The molecule has 1 atom stereocenters. The molecular formula is C14H15ClN2O. The van der Waals surface area contributed by atoms with Crippen LogP contribution in [0.5, 0.6) is 0 Å². The number of nitrogens with zero attached hydrogens (tertiary/aromatic N) is 1. The molecular weight excluding hydrogens is 248 g/mol. The topological polar surface area (TPSA) is 34.1 Å². The number of benzene rings is 1. The fourth-order valence-electron chi connectivity index (χ4n) is 2.26. The molecule has 3 rings (SSSR count). The smallest absolute Gasteiger partial charge is 0.0888 e. The van der Waals surface area contributed by atoms with E-state index in [0.717, 1.165) is 36.0 Å². The third-order valence-electron chi connectivity index (χ3n) is 3.23. The van der Waals surface area contributed by atoms with E-state index in [2.05, 4.69) is 16.4 Å². The lowest BCUT2D eigenvalue weighted by Crippen LogP contribution is -2.23. The molecule has 1 aromatic heterocycles. The van der Waals surface area contributed by atoms with Crippen molar-refractivity contribution in [1.82, 2.24) is 10.3 Å². The largest absolute Gasteiger partial charge is 0.379 e. The number of hydrogen-bond acceptors (Lipinski definition) is 3. The van der Waals surface area contributed by atoms with Gasteiger partial charge in [0.2, 0.25) is 0 Å². The molecule has 1 saturated heterocycles. The second kappa shape index (κ2) is 5.22. The van der Waals surface area contributed by atoms with Gasteiger partial charge in [-0.3, -0.25) is 4.98 Å². The van der Waals surface area contributed by atoms with Crippen LogP contribution in [0, 0.1) is 0 Å². The van der Waals surface area contributed by atoms with Crippen molar-refractivity contribution in [3.8, 4) is 0 Å². The standard InChI is InChI=1S/C14H15ClN2O/c15-12-4-1-3-10-7-11(8-17-14(10)12)13-9-18-6-2-5-16-13/h1,3-4,7-8,13,16H,2,5-6,9H2. The van der Waals surface area contributed by atoms with Gasteiger partial charge in [-0.05, 0) is 30.7 Å². The first-order chi connectivity index (χ1) is 8.84. The molecule has 94 valence electrons. The fraction of sp³-hybridized carbons (Fsp3) is 0.357. The van der Waals surface area contributed by atoms with Crippen LogP contribution in [0.15, 0.2) is 30.5 Å². The Morgan fingerprint density at radius 2 is 2.33 bits per heavy atom. The molecule has 1 unspecified atom stereocenters. The highest BCUT2D eigenvalue weighted by atomic mass is 35.5. The average molecular weight is 263 g/mol. The molecule has 2 aromatic rings. The first-order valence-corrected chi connectivity index (χ1v) is 6.58. The quantitative estimate of drug-likeness (QED) is 0.858. The van der Waals surface area contributed by atoms with Crippen molar-refractivity contribution < 1.29 is 4.74 Å². The van der Waals surface area contributed by atoms with E-state index < -0.39 is 0 Å². The van der Waals surface area contributed by atoms with Crippen LogP contribution in [0.4, 0.5) is 0 Å². The Balaban J connectivity index is 1.97. The summed E-state index contributed by atoms with van der Waals surface area (Å²) in [7, 11) is 0. The van der Waals surface area contributed by atoms with Gasteiger partial charge < -0.3 is 10.1 Å². The molecule has 0 saturated carbocycles. The highest BCUT2D eigenvalue weighted by Gasteiger charge is 2.15. The predicted molar refractivity (Wildman–Crippen MR) is 72.9 cm³/mol. The van der Waals surface area contributed by atoms with Gasteiger partial charge in [0.25, 0.3) is 0 Å². The van der Waals surface area contributed by atoms with E-state index in [0.29, 0.717) is 11.6 Å². The molecule has 2 heterocycles. The van der Waals surface area contributed by atoms with Gasteiger partial charge in [-0.2, -0.15) is 0 Å². The highest BCUT2D eigenvalue weighted by Crippen LogP contribution is 2.24. The van der Waals surface area contributed by atoms with E-state index in [9.17, 15) is 0 Å². The molecule has 3 nitrogen and oxygen atoms in total. The van der Waals surface area contributed by atoms with Crippen LogP contribution in [-0.4, -0.2) is 24.7 Å². The number of para-hydroxylation sites is 1. The number of fused-ring (bicyclic) bond motifs is 1. The number of nitrogens with one attached hydrogen (secondary N) is 1. The second-order valence-electron chi connectivity index (χ2n) is 4.52. The molecule has 0 aliphatic carbocycles. The van der Waals surface area contributed by atoms with Crippen molar-refractivity contribution in [2.45, 2.75) is 12.5 Å². The molecule has 0 radical (unpaired) electrons. The van der Waals surface area contributed by atoms with E-state index >= 15 is 0 Å². The van der Waals surface area contributed by atoms with Crippen LogP contribution in [0.25, 0.3) is 10.9 Å². The van der Waals surface area contributed by atoms with E-state index in [1.807, 2.05) is 24.4 Å². The summed E-state index contributed by atoms with van der Waals surface area (Å²) in [6.07, 6.45) is 2.95. The van der Waals surface area contributed by atoms with Gasteiger partial charge in [-0.15, -0.1) is 0 Å². The Hall–Kier alpha value is -1.16. The lowest BCUT2D eigenvalue weighted by Gasteiger charge is -2.15. The van der Waals surface area contributed by atoms with Crippen molar-refractivity contribution in [2.75, 3.05) is 19.8 Å².